The van der Waals surface area contributed by atoms with Crippen LogP contribution in [0.2, 0.25) is 0 Å². The number of piperidine rings is 1. The lowest BCUT2D eigenvalue weighted by atomic mass is 10.0. The number of likely N-dealkylation sites (tertiary alicyclic amines) is 1. The number of benzene rings is 1. The Morgan fingerprint density at radius 3 is 2.68 bits per heavy atom. The Morgan fingerprint density at radius 1 is 1.32 bits per heavy atom. The van der Waals surface area contributed by atoms with E-state index in [1.54, 1.807) is 0 Å². The summed E-state index contributed by atoms with van der Waals surface area (Å²) in [6.45, 7) is 8.09. The number of fused-ring (bicyclic) bond motifs is 1. The van der Waals surface area contributed by atoms with Crippen molar-refractivity contribution in [1.29, 1.82) is 0 Å². The van der Waals surface area contributed by atoms with Gasteiger partial charge >= 0.3 is 6.09 Å². The Kier molecular flexibility index (Phi) is 4.66. The molecule has 134 valence electrons. The Bertz CT molecular complexity index is 835. The van der Waals surface area contributed by atoms with Crippen LogP contribution in [0.1, 0.15) is 38.9 Å². The molecule has 0 bridgehead atoms. The number of halogens is 1. The summed E-state index contributed by atoms with van der Waals surface area (Å²) in [4.78, 5) is 26.5. The Labute approximate surface area is 156 Å². The molecule has 1 atom stereocenters. The van der Waals surface area contributed by atoms with Gasteiger partial charge in [-0.1, -0.05) is 22.0 Å². The lowest BCUT2D eigenvalue weighted by molar-refractivity contribution is -0.125. The summed E-state index contributed by atoms with van der Waals surface area (Å²) in [6, 6.07) is 7.85. The van der Waals surface area contributed by atoms with Gasteiger partial charge in [0, 0.05) is 22.1 Å². The third-order valence-corrected chi connectivity index (χ3v) is 5.07. The summed E-state index contributed by atoms with van der Waals surface area (Å²) < 4.78 is 8.49. The van der Waals surface area contributed by atoms with E-state index in [2.05, 4.69) is 26.6 Å². The van der Waals surface area contributed by atoms with Crippen LogP contribution in [0.3, 0.4) is 0 Å². The number of nitrogens with zero attached hydrogens (tertiary/aromatic N) is 2. The zero-order chi connectivity index (χ0) is 18.4. The summed E-state index contributed by atoms with van der Waals surface area (Å²) >= 11 is 3.57. The first-order chi connectivity index (χ1) is 11.7. The molecule has 1 aliphatic heterocycles. The smallest absolute Gasteiger partial charge is 0.410 e. The SMILES string of the molecule is Cc1cc2c(Br)cccc2n1[C@@H]1CCN(C(=O)OC(C)(C)C)CC1=O. The largest absolute Gasteiger partial charge is 0.444 e. The first-order valence-corrected chi connectivity index (χ1v) is 9.23. The van der Waals surface area contributed by atoms with Gasteiger partial charge in [-0.15, -0.1) is 0 Å². The number of carbonyl (C=O) groups excluding carboxylic acids is 2. The van der Waals surface area contributed by atoms with E-state index in [1.807, 2.05) is 45.9 Å². The van der Waals surface area contributed by atoms with Crippen molar-refractivity contribution in [1.82, 2.24) is 9.47 Å². The summed E-state index contributed by atoms with van der Waals surface area (Å²) in [7, 11) is 0. The van der Waals surface area contributed by atoms with Crippen LogP contribution in [0.5, 0.6) is 0 Å². The average Bonchev–Trinajstić information content (AvgIpc) is 2.83. The molecule has 1 saturated heterocycles. The van der Waals surface area contributed by atoms with E-state index in [-0.39, 0.29) is 18.4 Å². The minimum absolute atomic E-state index is 0.0395. The zero-order valence-electron chi connectivity index (χ0n) is 15.0. The van der Waals surface area contributed by atoms with E-state index in [9.17, 15) is 9.59 Å². The molecule has 0 unspecified atom stereocenters. The molecule has 1 aromatic heterocycles. The van der Waals surface area contributed by atoms with Gasteiger partial charge in [0.2, 0.25) is 0 Å². The van der Waals surface area contributed by atoms with E-state index in [0.29, 0.717) is 13.0 Å². The molecule has 0 aliphatic carbocycles. The first-order valence-electron chi connectivity index (χ1n) is 8.44. The Balaban J connectivity index is 1.83. The van der Waals surface area contributed by atoms with Crippen LogP contribution < -0.4 is 0 Å². The molecule has 0 spiro atoms. The van der Waals surface area contributed by atoms with Crippen LogP contribution in [-0.4, -0.2) is 40.0 Å². The number of Topliss-reactive ketones (excluding diaryl/α,β-unsaturated/α-hetero) is 1. The van der Waals surface area contributed by atoms with Gasteiger partial charge < -0.3 is 14.2 Å². The standard InChI is InChI=1S/C19H23BrN2O3/c1-12-10-13-14(20)6-5-7-15(13)22(12)16-8-9-21(11-17(16)23)18(24)25-19(2,3)4/h5-7,10,16H,8-9,11H2,1-4H3/t16-/m1/s1. The van der Waals surface area contributed by atoms with Crippen molar-refractivity contribution in [3.63, 3.8) is 0 Å². The first kappa shape index (κ1) is 18.0. The maximum Gasteiger partial charge on any atom is 0.410 e. The summed E-state index contributed by atoms with van der Waals surface area (Å²) in [6.07, 6.45) is 0.172. The molecule has 1 aromatic carbocycles. The lowest BCUT2D eigenvalue weighted by Crippen LogP contribution is -2.46. The highest BCUT2D eigenvalue weighted by molar-refractivity contribution is 9.10. The fourth-order valence-electron chi connectivity index (χ4n) is 3.33. The van der Waals surface area contributed by atoms with Crippen molar-refractivity contribution in [3.05, 3.63) is 34.4 Å². The average molecular weight is 407 g/mol. The second-order valence-electron chi connectivity index (χ2n) is 7.50. The van der Waals surface area contributed by atoms with E-state index in [4.69, 9.17) is 4.74 Å². The second-order valence-corrected chi connectivity index (χ2v) is 8.36. The lowest BCUT2D eigenvalue weighted by Gasteiger charge is -2.33. The van der Waals surface area contributed by atoms with Gasteiger partial charge in [0.1, 0.15) is 5.60 Å². The van der Waals surface area contributed by atoms with Crippen LogP contribution in [0.15, 0.2) is 28.7 Å². The number of amides is 1. The van der Waals surface area contributed by atoms with E-state index < -0.39 is 11.7 Å². The van der Waals surface area contributed by atoms with Gasteiger partial charge in [-0.2, -0.15) is 0 Å². The molecule has 25 heavy (non-hydrogen) atoms. The van der Waals surface area contributed by atoms with Crippen molar-refractivity contribution in [3.8, 4) is 0 Å². The molecule has 5 nitrogen and oxygen atoms in total. The van der Waals surface area contributed by atoms with Crippen LogP contribution in [0, 0.1) is 6.92 Å². The number of ether oxygens (including phenoxy) is 1. The predicted octanol–water partition coefficient (Wildman–Crippen LogP) is 4.46. The van der Waals surface area contributed by atoms with Crippen molar-refractivity contribution >= 4 is 38.7 Å². The highest BCUT2D eigenvalue weighted by Crippen LogP contribution is 2.32. The molecule has 2 aromatic rings. The zero-order valence-corrected chi connectivity index (χ0v) is 16.6. The number of carbonyl (C=O) groups is 2. The molecule has 0 N–H and O–H groups in total. The highest BCUT2D eigenvalue weighted by Gasteiger charge is 2.34. The summed E-state index contributed by atoms with van der Waals surface area (Å²) in [5.41, 5.74) is 1.53. The van der Waals surface area contributed by atoms with Gasteiger partial charge in [0.25, 0.3) is 0 Å². The number of rotatable bonds is 1. The molecule has 6 heteroatoms. The maximum absolute atomic E-state index is 12.8. The number of ketones is 1. The van der Waals surface area contributed by atoms with Crippen molar-refractivity contribution in [2.24, 2.45) is 0 Å². The van der Waals surface area contributed by atoms with Gasteiger partial charge in [0.05, 0.1) is 18.1 Å². The number of hydrogen-bond donors (Lipinski definition) is 0. The minimum atomic E-state index is -0.559. The maximum atomic E-state index is 12.8. The molecule has 1 fully saturated rings. The van der Waals surface area contributed by atoms with Crippen molar-refractivity contribution < 1.29 is 14.3 Å². The number of aryl methyl sites for hydroxylation is 1. The molecule has 0 saturated carbocycles. The van der Waals surface area contributed by atoms with E-state index >= 15 is 0 Å². The molecular weight excluding hydrogens is 384 g/mol. The number of hydrogen-bond acceptors (Lipinski definition) is 3. The quantitative estimate of drug-likeness (QED) is 0.701. The van der Waals surface area contributed by atoms with Gasteiger partial charge in [-0.05, 0) is 52.3 Å². The summed E-state index contributed by atoms with van der Waals surface area (Å²) in [5.74, 6) is 0.0395. The third kappa shape index (κ3) is 3.59. The summed E-state index contributed by atoms with van der Waals surface area (Å²) in [5, 5.41) is 1.10. The molecule has 1 amide bonds. The van der Waals surface area contributed by atoms with Gasteiger partial charge in [-0.3, -0.25) is 4.79 Å². The van der Waals surface area contributed by atoms with E-state index in [1.165, 1.54) is 4.90 Å². The number of aromatic nitrogens is 1. The van der Waals surface area contributed by atoms with Crippen molar-refractivity contribution in [2.45, 2.75) is 45.8 Å². The van der Waals surface area contributed by atoms with Gasteiger partial charge in [-0.25, -0.2) is 4.79 Å². The monoisotopic (exact) mass is 406 g/mol. The minimum Gasteiger partial charge on any atom is -0.444 e. The molecule has 3 rings (SSSR count). The van der Waals surface area contributed by atoms with Crippen molar-refractivity contribution in [2.75, 3.05) is 13.1 Å². The normalized spacial score (nSPS) is 18.7. The molecule has 0 radical (unpaired) electrons. The fraction of sp³-hybridized carbons (Fsp3) is 0.474. The molecular formula is C19H23BrN2O3. The van der Waals surface area contributed by atoms with Crippen LogP contribution >= 0.6 is 15.9 Å². The van der Waals surface area contributed by atoms with Crippen LogP contribution in [-0.2, 0) is 9.53 Å². The van der Waals surface area contributed by atoms with Crippen LogP contribution in [0.4, 0.5) is 4.79 Å². The third-order valence-electron chi connectivity index (χ3n) is 4.38. The second kappa shape index (κ2) is 6.48. The molecule has 2 heterocycles. The van der Waals surface area contributed by atoms with Gasteiger partial charge in [0.15, 0.2) is 5.78 Å². The molecule has 1 aliphatic rings. The highest BCUT2D eigenvalue weighted by atomic mass is 79.9. The van der Waals surface area contributed by atoms with Crippen LogP contribution in [0.25, 0.3) is 10.9 Å². The Morgan fingerprint density at radius 2 is 2.04 bits per heavy atom. The Hall–Kier alpha value is -1.82. The fourth-order valence-corrected chi connectivity index (χ4v) is 3.80. The van der Waals surface area contributed by atoms with E-state index in [0.717, 1.165) is 21.1 Å². The predicted molar refractivity (Wildman–Crippen MR) is 101 cm³/mol. The topological polar surface area (TPSA) is 51.5 Å².